The Balaban J connectivity index is 2.11. The quantitative estimate of drug-likeness (QED) is 0.855. The van der Waals surface area contributed by atoms with Crippen LogP contribution >= 0.6 is 0 Å². The molecular weight excluding hydrogens is 242 g/mol. The lowest BCUT2D eigenvalue weighted by Crippen LogP contribution is -2.06. The van der Waals surface area contributed by atoms with Gasteiger partial charge in [0, 0.05) is 6.42 Å². The molecule has 0 saturated carbocycles. The lowest BCUT2D eigenvalue weighted by atomic mass is 10.0. The fourth-order valence-electron chi connectivity index (χ4n) is 1.77. The Hall–Kier alpha value is -2.17. The minimum atomic E-state index is -0.495. The number of esters is 1. The van der Waals surface area contributed by atoms with Gasteiger partial charge >= 0.3 is 5.97 Å². The maximum absolute atomic E-state index is 11.4. The van der Waals surface area contributed by atoms with Crippen molar-refractivity contribution in [3.05, 3.63) is 46.5 Å². The zero-order valence-corrected chi connectivity index (χ0v) is 11.4. The molecule has 0 aliphatic carbocycles. The molecule has 0 saturated heterocycles. The second-order valence-electron chi connectivity index (χ2n) is 4.42. The molecular formula is C14H17N3O2. The van der Waals surface area contributed by atoms with Gasteiger partial charge in [0.1, 0.15) is 5.82 Å². The first-order valence-electron chi connectivity index (χ1n) is 6.24. The average molecular weight is 259 g/mol. The van der Waals surface area contributed by atoms with E-state index in [1.165, 1.54) is 11.1 Å². The van der Waals surface area contributed by atoms with E-state index in [1.807, 2.05) is 0 Å². The van der Waals surface area contributed by atoms with Crippen molar-refractivity contribution in [2.75, 3.05) is 6.61 Å². The Bertz CT molecular complexity index is 590. The van der Waals surface area contributed by atoms with Gasteiger partial charge in [0.05, 0.1) is 6.61 Å². The van der Waals surface area contributed by atoms with Crippen LogP contribution in [0.3, 0.4) is 0 Å². The maximum Gasteiger partial charge on any atom is 0.378 e. The first-order valence-corrected chi connectivity index (χ1v) is 6.24. The van der Waals surface area contributed by atoms with Gasteiger partial charge in [-0.05, 0) is 37.5 Å². The molecule has 1 N–H and O–H groups in total. The number of rotatable bonds is 4. The van der Waals surface area contributed by atoms with E-state index in [1.54, 1.807) is 6.92 Å². The van der Waals surface area contributed by atoms with Crippen LogP contribution in [0.15, 0.2) is 18.2 Å². The number of benzene rings is 1. The molecule has 2 rings (SSSR count). The van der Waals surface area contributed by atoms with E-state index in [-0.39, 0.29) is 5.82 Å². The smallest absolute Gasteiger partial charge is 0.378 e. The predicted molar refractivity (Wildman–Crippen MR) is 71.1 cm³/mol. The first-order chi connectivity index (χ1) is 9.10. The van der Waals surface area contributed by atoms with Crippen LogP contribution in [0.4, 0.5) is 0 Å². The molecule has 2 aromatic rings. The third-order valence-electron chi connectivity index (χ3n) is 2.93. The van der Waals surface area contributed by atoms with Crippen LogP contribution in [0.2, 0.25) is 0 Å². The summed E-state index contributed by atoms with van der Waals surface area (Å²) in [7, 11) is 0. The molecule has 0 amide bonds. The molecule has 1 aromatic heterocycles. The average Bonchev–Trinajstić information content (AvgIpc) is 2.83. The van der Waals surface area contributed by atoms with Crippen LogP contribution in [0.25, 0.3) is 0 Å². The summed E-state index contributed by atoms with van der Waals surface area (Å²) in [5, 5.41) is 6.63. The standard InChI is InChI=1S/C14H17N3O2/c1-4-19-14(18)13-15-12(16-17-13)8-11-6-5-9(2)10(3)7-11/h5-7H,4,8H2,1-3H3,(H,15,16,17). The Morgan fingerprint density at radius 2 is 2.11 bits per heavy atom. The molecule has 0 fully saturated rings. The van der Waals surface area contributed by atoms with Crippen LogP contribution in [0.1, 0.15) is 40.1 Å². The van der Waals surface area contributed by atoms with Crippen molar-refractivity contribution in [2.24, 2.45) is 0 Å². The molecule has 0 atom stereocenters. The number of aromatic nitrogens is 3. The van der Waals surface area contributed by atoms with Crippen LogP contribution in [-0.4, -0.2) is 27.8 Å². The Morgan fingerprint density at radius 1 is 1.32 bits per heavy atom. The highest BCUT2D eigenvalue weighted by molar-refractivity contribution is 5.84. The van der Waals surface area contributed by atoms with Crippen LogP contribution in [0.5, 0.6) is 0 Å². The summed E-state index contributed by atoms with van der Waals surface area (Å²) in [6.45, 7) is 6.22. The normalized spacial score (nSPS) is 10.5. The summed E-state index contributed by atoms with van der Waals surface area (Å²) >= 11 is 0. The number of aryl methyl sites for hydroxylation is 2. The van der Waals surface area contributed by atoms with E-state index < -0.39 is 5.97 Å². The third kappa shape index (κ3) is 3.19. The fraction of sp³-hybridized carbons (Fsp3) is 0.357. The summed E-state index contributed by atoms with van der Waals surface area (Å²) in [4.78, 5) is 15.6. The van der Waals surface area contributed by atoms with Crippen LogP contribution in [-0.2, 0) is 11.2 Å². The molecule has 1 aromatic carbocycles. The van der Waals surface area contributed by atoms with E-state index in [0.29, 0.717) is 18.9 Å². The first kappa shape index (κ1) is 13.3. The zero-order chi connectivity index (χ0) is 13.8. The van der Waals surface area contributed by atoms with Crippen molar-refractivity contribution in [2.45, 2.75) is 27.2 Å². The molecule has 5 nitrogen and oxygen atoms in total. The van der Waals surface area contributed by atoms with E-state index in [2.05, 4.69) is 47.2 Å². The number of carbonyl (C=O) groups is 1. The molecule has 0 radical (unpaired) electrons. The summed E-state index contributed by atoms with van der Waals surface area (Å²) in [6, 6.07) is 6.24. The molecule has 0 spiro atoms. The summed E-state index contributed by atoms with van der Waals surface area (Å²) in [5.41, 5.74) is 3.63. The largest absolute Gasteiger partial charge is 0.460 e. The van der Waals surface area contributed by atoms with Gasteiger partial charge in [-0.2, -0.15) is 0 Å². The molecule has 5 heteroatoms. The second-order valence-corrected chi connectivity index (χ2v) is 4.42. The van der Waals surface area contributed by atoms with E-state index in [9.17, 15) is 4.79 Å². The Kier molecular flexibility index (Phi) is 3.94. The number of hydrogen-bond donors (Lipinski definition) is 1. The number of hydrogen-bond acceptors (Lipinski definition) is 4. The van der Waals surface area contributed by atoms with Gasteiger partial charge in [0.25, 0.3) is 5.82 Å². The van der Waals surface area contributed by atoms with Gasteiger partial charge in [-0.15, -0.1) is 5.10 Å². The molecule has 0 aliphatic heterocycles. The molecule has 0 aliphatic rings. The minimum absolute atomic E-state index is 0.0840. The van der Waals surface area contributed by atoms with Crippen molar-refractivity contribution in [3.63, 3.8) is 0 Å². The van der Waals surface area contributed by atoms with Gasteiger partial charge in [-0.1, -0.05) is 18.2 Å². The van der Waals surface area contributed by atoms with Crippen LogP contribution < -0.4 is 0 Å². The SMILES string of the molecule is CCOC(=O)c1n[nH]c(Cc2ccc(C)c(C)c2)n1. The number of nitrogens with zero attached hydrogens (tertiary/aromatic N) is 2. The fourth-order valence-corrected chi connectivity index (χ4v) is 1.77. The van der Waals surface area contributed by atoms with Crippen molar-refractivity contribution in [1.29, 1.82) is 0 Å². The molecule has 0 bridgehead atoms. The van der Waals surface area contributed by atoms with Gasteiger partial charge in [0.2, 0.25) is 0 Å². The number of aromatic amines is 1. The van der Waals surface area contributed by atoms with E-state index in [0.717, 1.165) is 5.56 Å². The van der Waals surface area contributed by atoms with Crippen molar-refractivity contribution < 1.29 is 9.53 Å². The number of ether oxygens (including phenoxy) is 1. The highest BCUT2D eigenvalue weighted by Crippen LogP contribution is 2.12. The van der Waals surface area contributed by atoms with Gasteiger partial charge in [0.15, 0.2) is 0 Å². The molecule has 1 heterocycles. The van der Waals surface area contributed by atoms with Crippen molar-refractivity contribution in [3.8, 4) is 0 Å². The van der Waals surface area contributed by atoms with Gasteiger partial charge < -0.3 is 4.74 Å². The molecule has 100 valence electrons. The van der Waals surface area contributed by atoms with E-state index in [4.69, 9.17) is 4.74 Å². The minimum Gasteiger partial charge on any atom is -0.460 e. The monoisotopic (exact) mass is 259 g/mol. The number of carbonyl (C=O) groups excluding carboxylic acids is 1. The Labute approximate surface area is 112 Å². The zero-order valence-electron chi connectivity index (χ0n) is 11.4. The number of nitrogens with one attached hydrogen (secondary N) is 1. The lowest BCUT2D eigenvalue weighted by Gasteiger charge is -2.03. The highest BCUT2D eigenvalue weighted by Gasteiger charge is 2.13. The van der Waals surface area contributed by atoms with E-state index >= 15 is 0 Å². The van der Waals surface area contributed by atoms with Crippen molar-refractivity contribution in [1.82, 2.24) is 15.2 Å². The molecule has 19 heavy (non-hydrogen) atoms. The van der Waals surface area contributed by atoms with Crippen molar-refractivity contribution >= 4 is 5.97 Å². The third-order valence-corrected chi connectivity index (χ3v) is 2.93. The topological polar surface area (TPSA) is 67.9 Å². The second kappa shape index (κ2) is 5.65. The number of H-pyrrole nitrogens is 1. The summed E-state index contributed by atoms with van der Waals surface area (Å²) in [5.74, 6) is 0.247. The van der Waals surface area contributed by atoms with Crippen LogP contribution in [0, 0.1) is 13.8 Å². The van der Waals surface area contributed by atoms with Gasteiger partial charge in [-0.25, -0.2) is 9.78 Å². The predicted octanol–water partition coefficient (Wildman–Crippen LogP) is 2.19. The molecule has 0 unspecified atom stereocenters. The summed E-state index contributed by atoms with van der Waals surface area (Å²) in [6.07, 6.45) is 0.619. The summed E-state index contributed by atoms with van der Waals surface area (Å²) < 4.78 is 4.84. The maximum atomic E-state index is 11.4. The Morgan fingerprint density at radius 3 is 2.79 bits per heavy atom. The van der Waals surface area contributed by atoms with Gasteiger partial charge in [-0.3, -0.25) is 5.10 Å². The highest BCUT2D eigenvalue weighted by atomic mass is 16.5. The lowest BCUT2D eigenvalue weighted by molar-refractivity contribution is 0.0512.